The maximum absolute atomic E-state index is 5.24. The molecule has 1 aliphatic heterocycles. The summed E-state index contributed by atoms with van der Waals surface area (Å²) in [6.45, 7) is 12.0. The second-order valence-corrected chi connectivity index (χ2v) is 3.81. The van der Waals surface area contributed by atoms with E-state index in [1.54, 1.807) is 0 Å². The summed E-state index contributed by atoms with van der Waals surface area (Å²) in [5.74, 6) is 0. The Morgan fingerprint density at radius 2 is 1.50 bits per heavy atom. The summed E-state index contributed by atoms with van der Waals surface area (Å²) in [7, 11) is 0. The molecule has 0 radical (unpaired) electrons. The van der Waals surface area contributed by atoms with Crippen molar-refractivity contribution in [1.82, 2.24) is 4.90 Å². The van der Waals surface area contributed by atoms with Crippen molar-refractivity contribution in [3.05, 3.63) is 0 Å². The fraction of sp³-hybridized carbons (Fsp3) is 1.00. The van der Waals surface area contributed by atoms with Crippen molar-refractivity contribution in [3.8, 4) is 0 Å². The number of nitrogens with zero attached hydrogens (tertiary/aromatic N) is 1. The van der Waals surface area contributed by atoms with Crippen LogP contribution >= 0.6 is 0 Å². The smallest absolute Gasteiger partial charge is 0.0594 e. The number of hydrogen-bond acceptors (Lipinski definition) is 2. The van der Waals surface area contributed by atoms with Gasteiger partial charge in [-0.2, -0.15) is 0 Å². The Bertz CT molecular complexity index is 98.5. The standard InChI is InChI=1S/C8H17NO.C4H10/c1-2-3-4-9-5-7-10-8-6-9;1-3-4-2/h2-8H2,1H3;3-4H2,1-2H3. The van der Waals surface area contributed by atoms with E-state index in [9.17, 15) is 0 Å². The number of unbranched alkanes of at least 4 members (excludes halogenated alkanes) is 2. The van der Waals surface area contributed by atoms with Gasteiger partial charge in [-0.05, 0) is 13.0 Å². The van der Waals surface area contributed by atoms with E-state index in [1.807, 2.05) is 0 Å². The Morgan fingerprint density at radius 3 is 1.93 bits per heavy atom. The molecular weight excluding hydrogens is 174 g/mol. The van der Waals surface area contributed by atoms with Crippen molar-refractivity contribution in [2.24, 2.45) is 0 Å². The van der Waals surface area contributed by atoms with Gasteiger partial charge in [-0.1, -0.05) is 40.0 Å². The molecular formula is C12H27NO. The molecule has 1 rings (SSSR count). The lowest BCUT2D eigenvalue weighted by molar-refractivity contribution is 0.0373. The summed E-state index contributed by atoms with van der Waals surface area (Å²) in [6.07, 6.45) is 5.28. The van der Waals surface area contributed by atoms with Crippen molar-refractivity contribution in [2.75, 3.05) is 32.8 Å². The fourth-order valence-electron chi connectivity index (χ4n) is 1.21. The van der Waals surface area contributed by atoms with Crippen LogP contribution in [0.2, 0.25) is 0 Å². The van der Waals surface area contributed by atoms with Gasteiger partial charge in [-0.3, -0.25) is 4.90 Å². The first-order chi connectivity index (χ1) is 6.85. The molecule has 0 unspecified atom stereocenters. The lowest BCUT2D eigenvalue weighted by Gasteiger charge is -2.26. The topological polar surface area (TPSA) is 12.5 Å². The highest BCUT2D eigenvalue weighted by Gasteiger charge is 2.07. The van der Waals surface area contributed by atoms with Gasteiger partial charge in [0, 0.05) is 13.1 Å². The molecule has 0 aliphatic carbocycles. The summed E-state index contributed by atoms with van der Waals surface area (Å²) in [6, 6.07) is 0. The quantitative estimate of drug-likeness (QED) is 0.693. The lowest BCUT2D eigenvalue weighted by Crippen LogP contribution is -2.36. The Labute approximate surface area is 89.6 Å². The SMILES string of the molecule is CCCC.CCCCN1CCOCC1. The third kappa shape index (κ3) is 8.52. The summed E-state index contributed by atoms with van der Waals surface area (Å²) >= 11 is 0. The van der Waals surface area contributed by atoms with Gasteiger partial charge in [-0.25, -0.2) is 0 Å². The zero-order valence-electron chi connectivity index (χ0n) is 10.2. The molecule has 2 heteroatoms. The normalized spacial score (nSPS) is 17.4. The summed E-state index contributed by atoms with van der Waals surface area (Å²) in [4.78, 5) is 2.48. The first kappa shape index (κ1) is 13.9. The maximum atomic E-state index is 5.24. The third-order valence-electron chi connectivity index (χ3n) is 2.43. The molecule has 0 atom stereocenters. The molecule has 86 valence electrons. The molecule has 0 spiro atoms. The van der Waals surface area contributed by atoms with Crippen molar-refractivity contribution in [1.29, 1.82) is 0 Å². The van der Waals surface area contributed by atoms with Crippen molar-refractivity contribution in [2.45, 2.75) is 46.5 Å². The second-order valence-electron chi connectivity index (χ2n) is 3.81. The molecule has 0 amide bonds. The van der Waals surface area contributed by atoms with E-state index in [-0.39, 0.29) is 0 Å². The van der Waals surface area contributed by atoms with E-state index < -0.39 is 0 Å². The van der Waals surface area contributed by atoms with E-state index in [4.69, 9.17) is 4.74 Å². The largest absolute Gasteiger partial charge is 0.379 e. The van der Waals surface area contributed by atoms with Crippen molar-refractivity contribution in [3.63, 3.8) is 0 Å². The van der Waals surface area contributed by atoms with Gasteiger partial charge in [0.1, 0.15) is 0 Å². The summed E-state index contributed by atoms with van der Waals surface area (Å²) < 4.78 is 5.24. The molecule has 0 N–H and O–H groups in total. The van der Waals surface area contributed by atoms with Gasteiger partial charge in [0.15, 0.2) is 0 Å². The van der Waals surface area contributed by atoms with Crippen LogP contribution in [0.3, 0.4) is 0 Å². The first-order valence-corrected chi connectivity index (χ1v) is 6.15. The molecule has 1 aliphatic rings. The van der Waals surface area contributed by atoms with Crippen LogP contribution in [-0.4, -0.2) is 37.7 Å². The van der Waals surface area contributed by atoms with E-state index in [2.05, 4.69) is 25.7 Å². The summed E-state index contributed by atoms with van der Waals surface area (Å²) in [5.41, 5.74) is 0. The Kier molecular flexibility index (Phi) is 10.9. The fourth-order valence-corrected chi connectivity index (χ4v) is 1.21. The van der Waals surface area contributed by atoms with Gasteiger partial charge < -0.3 is 4.74 Å². The van der Waals surface area contributed by atoms with Gasteiger partial charge in [0.05, 0.1) is 13.2 Å². The van der Waals surface area contributed by atoms with Crippen molar-refractivity contribution >= 4 is 0 Å². The average Bonchev–Trinajstić information content (AvgIpc) is 2.28. The molecule has 0 aromatic rings. The highest BCUT2D eigenvalue weighted by Crippen LogP contribution is 1.98. The molecule has 1 saturated heterocycles. The summed E-state index contributed by atoms with van der Waals surface area (Å²) in [5, 5.41) is 0. The maximum Gasteiger partial charge on any atom is 0.0594 e. The van der Waals surface area contributed by atoms with E-state index >= 15 is 0 Å². The van der Waals surface area contributed by atoms with Gasteiger partial charge in [0.2, 0.25) is 0 Å². The first-order valence-electron chi connectivity index (χ1n) is 6.15. The minimum Gasteiger partial charge on any atom is -0.379 e. The van der Waals surface area contributed by atoms with Crippen LogP contribution in [0, 0.1) is 0 Å². The predicted octanol–water partition coefficient (Wildman–Crippen LogP) is 2.93. The van der Waals surface area contributed by atoms with E-state index in [0.717, 1.165) is 26.3 Å². The van der Waals surface area contributed by atoms with E-state index in [0.29, 0.717) is 0 Å². The van der Waals surface area contributed by atoms with Crippen LogP contribution in [-0.2, 0) is 4.74 Å². The minimum atomic E-state index is 0.934. The van der Waals surface area contributed by atoms with Crippen LogP contribution < -0.4 is 0 Å². The predicted molar refractivity (Wildman–Crippen MR) is 62.7 cm³/mol. The van der Waals surface area contributed by atoms with Crippen LogP contribution in [0.15, 0.2) is 0 Å². The molecule has 2 nitrogen and oxygen atoms in total. The zero-order chi connectivity index (χ0) is 10.6. The zero-order valence-corrected chi connectivity index (χ0v) is 10.2. The number of rotatable bonds is 4. The Morgan fingerprint density at radius 1 is 0.929 bits per heavy atom. The number of hydrogen-bond donors (Lipinski definition) is 0. The Hall–Kier alpha value is -0.0800. The molecule has 14 heavy (non-hydrogen) atoms. The van der Waals surface area contributed by atoms with Gasteiger partial charge in [0.25, 0.3) is 0 Å². The van der Waals surface area contributed by atoms with E-state index in [1.165, 1.54) is 32.2 Å². The number of morpholine rings is 1. The van der Waals surface area contributed by atoms with Crippen molar-refractivity contribution < 1.29 is 4.74 Å². The third-order valence-corrected chi connectivity index (χ3v) is 2.43. The Balaban J connectivity index is 0.000000364. The molecule has 0 saturated carbocycles. The van der Waals surface area contributed by atoms with Crippen LogP contribution in [0.1, 0.15) is 46.5 Å². The average molecular weight is 201 g/mol. The number of ether oxygens (including phenoxy) is 1. The molecule has 0 aromatic heterocycles. The van der Waals surface area contributed by atoms with Gasteiger partial charge >= 0.3 is 0 Å². The monoisotopic (exact) mass is 201 g/mol. The molecule has 0 aromatic carbocycles. The van der Waals surface area contributed by atoms with Gasteiger partial charge in [-0.15, -0.1) is 0 Å². The van der Waals surface area contributed by atoms with Crippen LogP contribution in [0.4, 0.5) is 0 Å². The highest BCUT2D eigenvalue weighted by molar-refractivity contribution is 4.60. The molecule has 1 fully saturated rings. The highest BCUT2D eigenvalue weighted by atomic mass is 16.5. The molecule has 1 heterocycles. The van der Waals surface area contributed by atoms with Crippen LogP contribution in [0.25, 0.3) is 0 Å². The second kappa shape index (κ2) is 11.0. The minimum absolute atomic E-state index is 0.934. The molecule has 0 bridgehead atoms. The lowest BCUT2D eigenvalue weighted by atomic mass is 10.3. The van der Waals surface area contributed by atoms with Crippen LogP contribution in [0.5, 0.6) is 0 Å².